The van der Waals surface area contributed by atoms with Gasteiger partial charge in [-0.05, 0) is 31.9 Å². The van der Waals surface area contributed by atoms with Gasteiger partial charge in [0, 0.05) is 19.1 Å². The lowest BCUT2D eigenvalue weighted by Gasteiger charge is -2.23. The topological polar surface area (TPSA) is 50.8 Å². The summed E-state index contributed by atoms with van der Waals surface area (Å²) in [5, 5.41) is 9.06. The molecule has 0 spiro atoms. The molecule has 110 valence electrons. The van der Waals surface area contributed by atoms with Gasteiger partial charge in [-0.15, -0.1) is 11.6 Å². The van der Waals surface area contributed by atoms with Gasteiger partial charge in [0.05, 0.1) is 23.1 Å². The van der Waals surface area contributed by atoms with E-state index in [4.69, 9.17) is 16.3 Å². The van der Waals surface area contributed by atoms with Crippen molar-refractivity contribution in [1.29, 1.82) is 5.26 Å². The first-order chi connectivity index (χ1) is 10.2. The maximum absolute atomic E-state index is 9.24. The fourth-order valence-corrected chi connectivity index (χ4v) is 3.13. The number of ether oxygens (including phenoxy) is 1. The minimum Gasteiger partial charge on any atom is -0.381 e. The number of para-hydroxylation sites is 1. The van der Waals surface area contributed by atoms with Crippen LogP contribution in [0.25, 0.3) is 11.0 Å². The second kappa shape index (κ2) is 6.05. The molecule has 1 aromatic heterocycles. The van der Waals surface area contributed by atoms with Gasteiger partial charge in [0.1, 0.15) is 17.4 Å². The number of nitrogens with zero attached hydrogens (tertiary/aromatic N) is 3. The number of benzene rings is 1. The van der Waals surface area contributed by atoms with Crippen LogP contribution in [0.4, 0.5) is 0 Å². The van der Waals surface area contributed by atoms with E-state index in [0.29, 0.717) is 11.5 Å². The average molecular weight is 304 g/mol. The van der Waals surface area contributed by atoms with Gasteiger partial charge in [0.25, 0.3) is 0 Å². The van der Waals surface area contributed by atoms with Crippen molar-refractivity contribution in [2.24, 2.45) is 5.92 Å². The number of fused-ring (bicyclic) bond motifs is 1. The van der Waals surface area contributed by atoms with Gasteiger partial charge < -0.3 is 9.30 Å². The molecule has 0 N–H and O–H groups in total. The van der Waals surface area contributed by atoms with Gasteiger partial charge in [-0.25, -0.2) is 4.98 Å². The highest BCUT2D eigenvalue weighted by Crippen LogP contribution is 2.28. The number of imidazole rings is 1. The lowest BCUT2D eigenvalue weighted by Crippen LogP contribution is -2.23. The summed E-state index contributed by atoms with van der Waals surface area (Å²) in [7, 11) is 0. The molecule has 1 aromatic carbocycles. The van der Waals surface area contributed by atoms with Crippen molar-refractivity contribution >= 4 is 22.6 Å². The van der Waals surface area contributed by atoms with E-state index < -0.39 is 0 Å². The summed E-state index contributed by atoms with van der Waals surface area (Å²) in [6.07, 6.45) is 2.26. The van der Waals surface area contributed by atoms with E-state index >= 15 is 0 Å². The van der Waals surface area contributed by atoms with Crippen LogP contribution in [0.1, 0.15) is 36.5 Å². The third kappa shape index (κ3) is 2.76. The molecule has 0 bridgehead atoms. The van der Waals surface area contributed by atoms with Crippen LogP contribution in [0.3, 0.4) is 0 Å². The average Bonchev–Trinajstić information content (AvgIpc) is 2.87. The van der Waals surface area contributed by atoms with Crippen LogP contribution in [-0.2, 0) is 11.3 Å². The Hall–Kier alpha value is -1.57. The lowest BCUT2D eigenvalue weighted by molar-refractivity contribution is 0.0485. The zero-order valence-electron chi connectivity index (χ0n) is 12.1. The molecule has 1 fully saturated rings. The largest absolute Gasteiger partial charge is 0.381 e. The molecule has 2 unspecified atom stereocenters. The predicted octanol–water partition coefficient (Wildman–Crippen LogP) is 3.63. The minimum absolute atomic E-state index is 0.187. The van der Waals surface area contributed by atoms with Crippen molar-refractivity contribution < 1.29 is 4.74 Å². The van der Waals surface area contributed by atoms with E-state index in [9.17, 15) is 5.26 Å². The number of nitriles is 1. The van der Waals surface area contributed by atoms with Crippen LogP contribution in [-0.4, -0.2) is 22.8 Å². The Balaban J connectivity index is 2.06. The minimum atomic E-state index is -0.187. The summed E-state index contributed by atoms with van der Waals surface area (Å²) < 4.78 is 7.73. The van der Waals surface area contributed by atoms with E-state index in [0.717, 1.165) is 49.5 Å². The molecule has 0 saturated carbocycles. The quantitative estimate of drug-likeness (QED) is 0.814. The first kappa shape index (κ1) is 14.4. The molecule has 0 radical (unpaired) electrons. The highest BCUT2D eigenvalue weighted by atomic mass is 35.5. The standard InChI is InChI=1S/C16H18ClN3O/c1-11(17)16-19-15-13(8-18)5-2-6-14(15)20(16)9-12-4-3-7-21-10-12/h2,5-6,11-12H,3-4,7,9-10H2,1H3. The van der Waals surface area contributed by atoms with Crippen LogP contribution in [0.5, 0.6) is 0 Å². The van der Waals surface area contributed by atoms with E-state index in [-0.39, 0.29) is 5.38 Å². The molecule has 1 aliphatic rings. The zero-order valence-corrected chi connectivity index (χ0v) is 12.8. The number of alkyl halides is 1. The summed E-state index contributed by atoms with van der Waals surface area (Å²) in [5.41, 5.74) is 2.34. The third-order valence-electron chi connectivity index (χ3n) is 3.98. The summed E-state index contributed by atoms with van der Waals surface area (Å²) >= 11 is 6.30. The van der Waals surface area contributed by atoms with Crippen molar-refractivity contribution in [2.75, 3.05) is 13.2 Å². The van der Waals surface area contributed by atoms with Crippen LogP contribution in [0.2, 0.25) is 0 Å². The second-order valence-electron chi connectivity index (χ2n) is 5.56. The molecule has 4 nitrogen and oxygen atoms in total. The molecule has 1 saturated heterocycles. The SMILES string of the molecule is CC(Cl)c1nc2c(C#N)cccc2n1CC1CCCOC1. The summed E-state index contributed by atoms with van der Waals surface area (Å²) in [6, 6.07) is 7.92. The normalized spacial score (nSPS) is 20.3. The highest BCUT2D eigenvalue weighted by Gasteiger charge is 2.21. The Labute approximate surface area is 129 Å². The maximum atomic E-state index is 9.24. The van der Waals surface area contributed by atoms with Crippen molar-refractivity contribution in [2.45, 2.75) is 31.7 Å². The first-order valence-corrected chi connectivity index (χ1v) is 7.75. The monoisotopic (exact) mass is 303 g/mol. The smallest absolute Gasteiger partial charge is 0.127 e. The zero-order chi connectivity index (χ0) is 14.8. The van der Waals surface area contributed by atoms with E-state index in [2.05, 4.69) is 15.6 Å². The van der Waals surface area contributed by atoms with E-state index in [1.54, 1.807) is 6.07 Å². The summed E-state index contributed by atoms with van der Waals surface area (Å²) in [4.78, 5) is 4.62. The molecule has 3 rings (SSSR count). The van der Waals surface area contributed by atoms with Crippen LogP contribution in [0, 0.1) is 17.2 Å². The summed E-state index contributed by atoms with van der Waals surface area (Å²) in [6.45, 7) is 4.41. The van der Waals surface area contributed by atoms with Crippen LogP contribution >= 0.6 is 11.6 Å². The van der Waals surface area contributed by atoms with Crippen molar-refractivity contribution in [3.63, 3.8) is 0 Å². The fraction of sp³-hybridized carbons (Fsp3) is 0.500. The molecule has 2 heterocycles. The number of hydrogen-bond donors (Lipinski definition) is 0. The van der Waals surface area contributed by atoms with E-state index in [1.807, 2.05) is 19.1 Å². The second-order valence-corrected chi connectivity index (χ2v) is 6.22. The molecule has 2 atom stereocenters. The number of halogens is 1. The number of rotatable bonds is 3. The molecule has 21 heavy (non-hydrogen) atoms. The molecule has 2 aromatic rings. The first-order valence-electron chi connectivity index (χ1n) is 7.31. The van der Waals surface area contributed by atoms with Crippen molar-refractivity contribution in [3.05, 3.63) is 29.6 Å². The highest BCUT2D eigenvalue weighted by molar-refractivity contribution is 6.20. The molecule has 1 aliphatic heterocycles. The van der Waals surface area contributed by atoms with Crippen LogP contribution in [0.15, 0.2) is 18.2 Å². The third-order valence-corrected chi connectivity index (χ3v) is 4.18. The predicted molar refractivity (Wildman–Crippen MR) is 82.3 cm³/mol. The number of hydrogen-bond acceptors (Lipinski definition) is 3. The van der Waals surface area contributed by atoms with Crippen molar-refractivity contribution in [1.82, 2.24) is 9.55 Å². The van der Waals surface area contributed by atoms with Crippen molar-refractivity contribution in [3.8, 4) is 6.07 Å². The van der Waals surface area contributed by atoms with Gasteiger partial charge >= 0.3 is 0 Å². The Morgan fingerprint density at radius 1 is 1.57 bits per heavy atom. The molecule has 5 heteroatoms. The maximum Gasteiger partial charge on any atom is 0.127 e. The Morgan fingerprint density at radius 2 is 2.43 bits per heavy atom. The lowest BCUT2D eigenvalue weighted by atomic mass is 10.0. The molecule has 0 aliphatic carbocycles. The van der Waals surface area contributed by atoms with Gasteiger partial charge in [0.15, 0.2) is 0 Å². The molecular formula is C16H18ClN3O. The van der Waals surface area contributed by atoms with Gasteiger partial charge in [-0.1, -0.05) is 6.07 Å². The number of aromatic nitrogens is 2. The van der Waals surface area contributed by atoms with Gasteiger partial charge in [-0.3, -0.25) is 0 Å². The molecule has 0 amide bonds. The Morgan fingerprint density at radius 3 is 3.10 bits per heavy atom. The fourth-order valence-electron chi connectivity index (χ4n) is 2.96. The Kier molecular flexibility index (Phi) is 4.14. The Bertz CT molecular complexity index is 681. The van der Waals surface area contributed by atoms with Gasteiger partial charge in [-0.2, -0.15) is 5.26 Å². The van der Waals surface area contributed by atoms with Crippen LogP contribution < -0.4 is 0 Å². The summed E-state index contributed by atoms with van der Waals surface area (Å²) in [5.74, 6) is 1.32. The van der Waals surface area contributed by atoms with Gasteiger partial charge in [0.2, 0.25) is 0 Å². The van der Waals surface area contributed by atoms with E-state index in [1.165, 1.54) is 0 Å². The molecular weight excluding hydrogens is 286 g/mol.